The Morgan fingerprint density at radius 1 is 0.691 bits per heavy atom. The molecule has 8 bridgehead atoms. The van der Waals surface area contributed by atoms with Gasteiger partial charge in [0.05, 0.1) is 30.2 Å². The van der Waals surface area contributed by atoms with Crippen molar-refractivity contribution in [3.8, 4) is 0 Å². The maximum Gasteiger partial charge on any atom is 2.00 e. The number of carbonyl (C=O) groups is 7. The van der Waals surface area contributed by atoms with Gasteiger partial charge < -0.3 is 46.4 Å². The summed E-state index contributed by atoms with van der Waals surface area (Å²) in [4.78, 5) is 105. The molecule has 5 rings (SSSR count). The number of carbonyl (C=O) groups excluding carboxylic acids is 1. The number of aliphatic hydroxyl groups excluding tert-OH is 1. The fourth-order valence-corrected chi connectivity index (χ4v) is 12.0. The van der Waals surface area contributed by atoms with E-state index in [1.165, 1.54) is 6.92 Å². The molecule has 1 saturated heterocycles. The summed E-state index contributed by atoms with van der Waals surface area (Å²) in [6, 6.07) is -1.14. The van der Waals surface area contributed by atoms with Gasteiger partial charge in [-0.1, -0.05) is 40.7 Å². The van der Waals surface area contributed by atoms with Crippen molar-refractivity contribution in [2.45, 2.75) is 151 Å². The first-order valence-corrected chi connectivity index (χ1v) is 22.8. The van der Waals surface area contributed by atoms with Gasteiger partial charge in [-0.25, -0.2) is 0 Å². The third kappa shape index (κ3) is 10.4. The van der Waals surface area contributed by atoms with Gasteiger partial charge in [0.25, 0.3) is 0 Å². The molecule has 0 spiro atoms. The molecule has 10 atom stereocenters. The number of carboxylic acid groups (broad SMARTS) is 6. The average Bonchev–Trinajstić information content (AvgIpc) is 3.80. The number of aliphatic carboxylic acids is 6. The van der Waals surface area contributed by atoms with Crippen LogP contribution in [0.25, 0.3) is 5.32 Å². The van der Waals surface area contributed by atoms with Crippen LogP contribution in [0, 0.1) is 45.3 Å². The molecule has 8 N–H and O–H groups in total. The van der Waals surface area contributed by atoms with E-state index in [4.69, 9.17) is 20.3 Å². The van der Waals surface area contributed by atoms with Gasteiger partial charge in [-0.15, -0.1) is 0 Å². The predicted molar refractivity (Wildman–Crippen MR) is 245 cm³/mol. The van der Waals surface area contributed by atoms with Crippen molar-refractivity contribution in [1.29, 1.82) is 0 Å². The van der Waals surface area contributed by atoms with Crippen molar-refractivity contribution < 1.29 is 86.1 Å². The predicted octanol–water partition coefficient (Wildman–Crippen LogP) is 6.11. The molecule has 1 amide bonds. The zero-order valence-electron chi connectivity index (χ0n) is 40.1. The Hall–Kier alpha value is -5.21. The molecule has 5 aliphatic rings. The molecule has 0 aromatic heterocycles. The molecule has 68 heavy (non-hydrogen) atoms. The summed E-state index contributed by atoms with van der Waals surface area (Å²) in [6.07, 6.45) is -2.06. The smallest absolute Gasteiger partial charge is 0.682 e. The van der Waals surface area contributed by atoms with Crippen molar-refractivity contribution in [3.63, 3.8) is 0 Å². The van der Waals surface area contributed by atoms with Crippen molar-refractivity contribution in [2.75, 3.05) is 6.54 Å². The third-order valence-electron chi connectivity index (χ3n) is 15.8. The van der Waals surface area contributed by atoms with Gasteiger partial charge in [0.2, 0.25) is 5.91 Å². The number of hydrogen-bond acceptors (Lipinski definition) is 11. The largest absolute Gasteiger partial charge is 2.00 e. The van der Waals surface area contributed by atoms with Crippen LogP contribution >= 0.6 is 0 Å². The number of amides is 1. The van der Waals surface area contributed by atoms with Crippen LogP contribution in [0.15, 0.2) is 49.3 Å². The second-order valence-electron chi connectivity index (χ2n) is 20.7. The Morgan fingerprint density at radius 3 is 1.75 bits per heavy atom. The summed E-state index contributed by atoms with van der Waals surface area (Å²) in [6.45, 7) is 15.5. The van der Waals surface area contributed by atoms with Crippen LogP contribution in [-0.4, -0.2) is 119 Å². The summed E-state index contributed by atoms with van der Waals surface area (Å²) >= 11 is 0. The van der Waals surface area contributed by atoms with Crippen LogP contribution < -0.4 is 5.32 Å². The van der Waals surface area contributed by atoms with Crippen molar-refractivity contribution in [2.24, 2.45) is 60.3 Å². The summed E-state index contributed by atoms with van der Waals surface area (Å²) in [5, 5.41) is 80.1. The summed E-state index contributed by atoms with van der Waals surface area (Å²) in [5.41, 5.74) is -3.92. The van der Waals surface area contributed by atoms with Crippen LogP contribution in [0.2, 0.25) is 0 Å². The molecule has 1 radical (unpaired) electrons. The van der Waals surface area contributed by atoms with E-state index in [9.17, 15) is 69.3 Å². The molecule has 19 nitrogen and oxygen atoms in total. The maximum absolute atomic E-state index is 13.4. The minimum Gasteiger partial charge on any atom is -0.682 e. The number of aliphatic imine (C=N–C) groups is 3. The molecule has 0 unspecified atom stereocenters. The van der Waals surface area contributed by atoms with Crippen LogP contribution in [0.1, 0.15) is 133 Å². The summed E-state index contributed by atoms with van der Waals surface area (Å²) < 4.78 is 0. The van der Waals surface area contributed by atoms with Crippen LogP contribution in [-0.2, 0) is 50.3 Å². The molecule has 0 saturated carbocycles. The monoisotopic (exact) mass is 995 g/mol. The minimum atomic E-state index is -1.64. The Morgan fingerprint density at radius 2 is 1.24 bits per heavy atom. The van der Waals surface area contributed by atoms with E-state index in [2.05, 4.69) is 5.32 Å². The standard InChI is InChI=1S/C48H67N5O14.Co/c1-23(54)22-49-32(55)16-17-45(6)29(18-36(62)63)43-48(9)47(8,21-38(66)67)28(12-15-35(60)61)40(53-48)25(3)42-46(7,20-37(64)65)26(10-13-33(56)57)30(50-42)19-31-44(4,5)27(11-14-34(58)59)39(51-31)24(2)41(45)52-43;/h19,23,26-29,43,54H,10-18,20-22H2,1-9H3,(H8,49,50,51,52,53,55,56,57,58,59,60,61,62,63,64,65,66,67);/q;+2/p-1/t23-,26-,27-,28-,29+,43-,45-,46+,47+,48+;/m1./s1. The molecular weight excluding hydrogens is 929 g/mol. The fraction of sp³-hybridized carbons (Fsp3) is 0.667. The first kappa shape index (κ1) is 55.4. The van der Waals surface area contributed by atoms with E-state index in [0.29, 0.717) is 34.0 Å². The van der Waals surface area contributed by atoms with Gasteiger partial charge in [-0.05, 0) is 81.9 Å². The number of aliphatic hydroxyl groups is 1. The van der Waals surface area contributed by atoms with E-state index in [-0.39, 0.29) is 79.7 Å². The molecule has 0 aliphatic carbocycles. The van der Waals surface area contributed by atoms with E-state index < -0.39 is 130 Å². The first-order chi connectivity index (χ1) is 30.9. The van der Waals surface area contributed by atoms with Crippen LogP contribution in [0.3, 0.4) is 0 Å². The van der Waals surface area contributed by atoms with Gasteiger partial charge >= 0.3 is 52.6 Å². The van der Waals surface area contributed by atoms with Gasteiger partial charge in [-0.2, -0.15) is 5.70 Å². The Labute approximate surface area is 406 Å². The number of fused-ring (bicyclic) bond motifs is 6. The van der Waals surface area contributed by atoms with Crippen LogP contribution in [0.4, 0.5) is 0 Å². The quantitative estimate of drug-likeness (QED) is 0.0682. The molecule has 0 aromatic rings. The molecule has 5 heterocycles. The molecule has 0 aromatic carbocycles. The first-order valence-electron chi connectivity index (χ1n) is 22.8. The van der Waals surface area contributed by atoms with E-state index >= 15 is 0 Å². The molecule has 1 fully saturated rings. The zero-order valence-corrected chi connectivity index (χ0v) is 41.2. The van der Waals surface area contributed by atoms with E-state index in [1.807, 2.05) is 13.8 Å². The van der Waals surface area contributed by atoms with Crippen molar-refractivity contribution in [1.82, 2.24) is 5.32 Å². The third-order valence-corrected chi connectivity index (χ3v) is 15.8. The van der Waals surface area contributed by atoms with E-state index in [0.717, 1.165) is 0 Å². The van der Waals surface area contributed by atoms with Gasteiger partial charge in [0, 0.05) is 95.5 Å². The minimum absolute atomic E-state index is 0. The van der Waals surface area contributed by atoms with Gasteiger partial charge in [0.15, 0.2) is 0 Å². The topological polar surface area (TPSA) is 324 Å². The van der Waals surface area contributed by atoms with E-state index in [1.54, 1.807) is 47.6 Å². The molecular formula is C48H66CoN5O14+. The summed E-state index contributed by atoms with van der Waals surface area (Å²) in [7, 11) is 0. The second-order valence-corrected chi connectivity index (χ2v) is 20.7. The average molecular weight is 996 g/mol. The number of nitrogens with one attached hydrogen (secondary N) is 1. The zero-order chi connectivity index (χ0) is 50.4. The van der Waals surface area contributed by atoms with Gasteiger partial charge in [0.1, 0.15) is 0 Å². The van der Waals surface area contributed by atoms with Crippen molar-refractivity contribution >= 4 is 58.9 Å². The fourth-order valence-electron chi connectivity index (χ4n) is 12.0. The number of allylic oxidation sites excluding steroid dienone is 6. The van der Waals surface area contributed by atoms with Gasteiger partial charge in [-0.3, -0.25) is 48.5 Å². The van der Waals surface area contributed by atoms with Crippen molar-refractivity contribution in [3.05, 3.63) is 39.6 Å². The molecule has 375 valence electrons. The number of hydrogen-bond donors (Lipinski definition) is 8. The molecule has 20 heteroatoms. The van der Waals surface area contributed by atoms with Crippen LogP contribution in [0.5, 0.6) is 0 Å². The molecule has 5 aliphatic heterocycles. The second kappa shape index (κ2) is 20.4. The SMILES string of the molecule is C/C1=C2/[N-][C@H]([C@H](CC(=O)O)[C@@]2(C)CCC(=O)NC[C@@H](C)O)[C@]2(C)N=C(/C(C)=C3N=C(/C=C4N=C1[C@@H](CCC(=O)O)C\4(C)C)[C@@H](CCC(=O)O)[C@]\3(C)CC(=O)O)[C@@H](CCC(=O)O)[C@]2(C)CC(=O)O.[Co+2]. The number of rotatable bonds is 20. The Bertz CT molecular complexity index is 2310. The Balaban J connectivity index is 0.0000101. The number of carboxylic acids is 6. The number of nitrogens with zero attached hydrogens (tertiary/aromatic N) is 4. The Kier molecular flexibility index (Phi) is 16.6. The maximum atomic E-state index is 13.4. The normalized spacial score (nSPS) is 34.6. The summed E-state index contributed by atoms with van der Waals surface area (Å²) in [5.74, 6) is -10.9.